The molecule has 0 amide bonds. The maximum absolute atomic E-state index is 13.5. The predicted octanol–water partition coefficient (Wildman–Crippen LogP) is 5.91. The topological polar surface area (TPSA) is 88.5 Å². The van der Waals surface area contributed by atoms with Crippen LogP contribution in [0.1, 0.15) is 41.8 Å². The fourth-order valence-electron chi connectivity index (χ4n) is 4.29. The standard InChI is InChI=1S/C27H25F3N2O4S2/c1-26(33,27(28,29)30)17-12-13-31-21(15-17)19-8-5-6-16-14-23(37-25(16)19)24(32-38(34,35)18-10-11-18)20-7-3-4-9-22(20)36-2/h3-9,12-15,18,24,32-33H,10-11H2,1-2H3/t24?,26-/m1/s1. The molecule has 200 valence electrons. The highest BCUT2D eigenvalue weighted by Crippen LogP contribution is 2.43. The molecule has 1 unspecified atom stereocenters. The van der Waals surface area contributed by atoms with E-state index < -0.39 is 33.1 Å². The number of alkyl halides is 3. The van der Waals surface area contributed by atoms with Gasteiger partial charge in [-0.3, -0.25) is 4.98 Å². The van der Waals surface area contributed by atoms with E-state index in [1.807, 2.05) is 12.1 Å². The van der Waals surface area contributed by atoms with E-state index in [-0.39, 0.29) is 11.3 Å². The van der Waals surface area contributed by atoms with Gasteiger partial charge in [0, 0.05) is 26.9 Å². The summed E-state index contributed by atoms with van der Waals surface area (Å²) in [7, 11) is -2.07. The monoisotopic (exact) mass is 562 g/mol. The minimum atomic E-state index is -4.87. The van der Waals surface area contributed by atoms with E-state index in [9.17, 15) is 26.7 Å². The van der Waals surface area contributed by atoms with Crippen LogP contribution in [0.2, 0.25) is 0 Å². The smallest absolute Gasteiger partial charge is 0.421 e. The van der Waals surface area contributed by atoms with E-state index in [1.165, 1.54) is 30.7 Å². The van der Waals surface area contributed by atoms with E-state index in [2.05, 4.69) is 9.71 Å². The van der Waals surface area contributed by atoms with Crippen molar-refractivity contribution < 1.29 is 31.4 Å². The van der Waals surface area contributed by atoms with Gasteiger partial charge in [-0.2, -0.15) is 13.2 Å². The highest BCUT2D eigenvalue weighted by atomic mass is 32.2. The molecule has 2 aromatic carbocycles. The summed E-state index contributed by atoms with van der Waals surface area (Å²) in [6, 6.07) is 16.0. The average Bonchev–Trinajstić information content (AvgIpc) is 3.66. The SMILES string of the molecule is COc1ccccc1C(NS(=O)(=O)C1CC1)c1cc2cccc(-c3cc([C@@](C)(O)C(F)(F)F)ccn3)c2s1. The fraction of sp³-hybridized carbons (Fsp3) is 0.296. The summed E-state index contributed by atoms with van der Waals surface area (Å²) < 4.78 is 75.5. The number of methoxy groups -OCH3 is 1. The number of thiophene rings is 1. The summed E-state index contributed by atoms with van der Waals surface area (Å²) in [4.78, 5) is 4.98. The third-order valence-corrected chi connectivity index (χ3v) is 9.86. The Labute approximate surface area is 222 Å². The molecule has 2 heterocycles. The van der Waals surface area contributed by atoms with E-state index in [0.717, 1.165) is 16.2 Å². The molecule has 0 saturated heterocycles. The average molecular weight is 563 g/mol. The Kier molecular flexibility index (Phi) is 6.75. The number of aliphatic hydroxyl groups is 1. The first-order valence-electron chi connectivity index (χ1n) is 11.8. The van der Waals surface area contributed by atoms with Crippen molar-refractivity contribution in [1.29, 1.82) is 0 Å². The van der Waals surface area contributed by atoms with Gasteiger partial charge in [0.05, 0.1) is 24.1 Å². The van der Waals surface area contributed by atoms with Crippen LogP contribution in [-0.2, 0) is 15.6 Å². The van der Waals surface area contributed by atoms with Crippen molar-refractivity contribution in [3.63, 3.8) is 0 Å². The van der Waals surface area contributed by atoms with Gasteiger partial charge in [-0.05, 0) is 55.0 Å². The van der Waals surface area contributed by atoms with Crippen LogP contribution in [-0.4, -0.2) is 37.0 Å². The molecule has 0 radical (unpaired) electrons. The Morgan fingerprint density at radius 3 is 2.53 bits per heavy atom. The quantitative estimate of drug-likeness (QED) is 0.279. The van der Waals surface area contributed by atoms with Gasteiger partial charge in [0.15, 0.2) is 5.60 Å². The summed E-state index contributed by atoms with van der Waals surface area (Å²) in [5.41, 5.74) is -1.89. The number of aromatic nitrogens is 1. The van der Waals surface area contributed by atoms with Gasteiger partial charge in [0.25, 0.3) is 0 Å². The Morgan fingerprint density at radius 2 is 1.84 bits per heavy atom. The molecule has 1 saturated carbocycles. The van der Waals surface area contributed by atoms with E-state index >= 15 is 0 Å². The molecule has 11 heteroatoms. The number of rotatable bonds is 8. The lowest BCUT2D eigenvalue weighted by atomic mass is 9.94. The van der Waals surface area contributed by atoms with Crippen LogP contribution in [0, 0.1) is 0 Å². The largest absolute Gasteiger partial charge is 0.496 e. The lowest BCUT2D eigenvalue weighted by Crippen LogP contribution is -2.39. The maximum Gasteiger partial charge on any atom is 0.421 e. The first kappa shape index (κ1) is 26.6. The molecule has 2 aromatic heterocycles. The van der Waals surface area contributed by atoms with Crippen LogP contribution >= 0.6 is 11.3 Å². The number of nitrogens with one attached hydrogen (secondary N) is 1. The second-order valence-electron chi connectivity index (χ2n) is 9.41. The van der Waals surface area contributed by atoms with Crippen LogP contribution in [0.4, 0.5) is 13.2 Å². The van der Waals surface area contributed by atoms with Crippen molar-refractivity contribution >= 4 is 31.4 Å². The molecular formula is C27H25F3N2O4S2. The summed E-state index contributed by atoms with van der Waals surface area (Å²) in [6.45, 7) is 0.708. The number of hydrogen-bond acceptors (Lipinski definition) is 6. The molecule has 1 aliphatic rings. The fourth-order valence-corrected chi connectivity index (χ4v) is 7.15. The molecule has 0 spiro atoms. The van der Waals surface area contributed by atoms with Gasteiger partial charge in [-0.25, -0.2) is 13.1 Å². The van der Waals surface area contributed by atoms with Crippen molar-refractivity contribution in [1.82, 2.24) is 9.71 Å². The van der Waals surface area contributed by atoms with Crippen molar-refractivity contribution in [3.8, 4) is 17.0 Å². The number of para-hydroxylation sites is 1. The molecular weight excluding hydrogens is 537 g/mol. The number of benzene rings is 2. The van der Waals surface area contributed by atoms with Crippen molar-refractivity contribution in [2.75, 3.05) is 7.11 Å². The maximum atomic E-state index is 13.5. The number of nitrogens with zero attached hydrogens (tertiary/aromatic N) is 1. The van der Waals surface area contributed by atoms with Crippen molar-refractivity contribution in [2.45, 2.75) is 42.8 Å². The van der Waals surface area contributed by atoms with Crippen LogP contribution in [0.3, 0.4) is 0 Å². The minimum absolute atomic E-state index is 0.262. The van der Waals surface area contributed by atoms with Crippen LogP contribution in [0.15, 0.2) is 66.9 Å². The Balaban J connectivity index is 1.63. The molecule has 2 N–H and O–H groups in total. The van der Waals surface area contributed by atoms with Gasteiger partial charge in [0.1, 0.15) is 5.75 Å². The van der Waals surface area contributed by atoms with Crippen molar-refractivity contribution in [2.24, 2.45) is 0 Å². The molecule has 0 aliphatic heterocycles. The first-order valence-corrected chi connectivity index (χ1v) is 14.2. The number of fused-ring (bicyclic) bond motifs is 1. The normalized spacial score (nSPS) is 16.8. The Bertz CT molecular complexity index is 1600. The van der Waals surface area contributed by atoms with Crippen LogP contribution in [0.25, 0.3) is 21.3 Å². The van der Waals surface area contributed by atoms with Gasteiger partial charge in [-0.1, -0.05) is 36.4 Å². The number of pyridine rings is 1. The molecule has 6 nitrogen and oxygen atoms in total. The van der Waals surface area contributed by atoms with Crippen LogP contribution < -0.4 is 9.46 Å². The second kappa shape index (κ2) is 9.64. The third-order valence-electron chi connectivity index (χ3n) is 6.69. The molecule has 2 atom stereocenters. The lowest BCUT2D eigenvalue weighted by molar-refractivity contribution is -0.258. The number of ether oxygens (including phenoxy) is 1. The summed E-state index contributed by atoms with van der Waals surface area (Å²) >= 11 is 1.33. The molecule has 38 heavy (non-hydrogen) atoms. The lowest BCUT2D eigenvalue weighted by Gasteiger charge is -2.26. The van der Waals surface area contributed by atoms with E-state index in [4.69, 9.17) is 4.74 Å². The van der Waals surface area contributed by atoms with Gasteiger partial charge >= 0.3 is 6.18 Å². The first-order chi connectivity index (χ1) is 17.9. The summed E-state index contributed by atoms with van der Waals surface area (Å²) in [6.07, 6.45) is -2.42. The molecule has 1 fully saturated rings. The molecule has 1 aliphatic carbocycles. The van der Waals surface area contributed by atoms with Crippen LogP contribution in [0.5, 0.6) is 5.75 Å². The number of hydrogen-bond donors (Lipinski definition) is 2. The second-order valence-corrected chi connectivity index (χ2v) is 12.5. The Hall–Kier alpha value is -2.99. The minimum Gasteiger partial charge on any atom is -0.496 e. The number of halogens is 3. The van der Waals surface area contributed by atoms with Gasteiger partial charge in [0.2, 0.25) is 10.0 Å². The zero-order valence-corrected chi connectivity index (χ0v) is 22.1. The van der Waals surface area contributed by atoms with Crippen molar-refractivity contribution in [3.05, 3.63) is 82.9 Å². The highest BCUT2D eigenvalue weighted by molar-refractivity contribution is 7.90. The van der Waals surface area contributed by atoms with E-state index in [0.29, 0.717) is 41.5 Å². The zero-order chi connectivity index (χ0) is 27.3. The van der Waals surface area contributed by atoms with Gasteiger partial charge in [-0.15, -0.1) is 11.3 Å². The zero-order valence-electron chi connectivity index (χ0n) is 20.5. The highest BCUT2D eigenvalue weighted by Gasteiger charge is 2.51. The Morgan fingerprint density at radius 1 is 1.11 bits per heavy atom. The summed E-state index contributed by atoms with van der Waals surface area (Å²) in [5, 5.41) is 10.5. The molecule has 0 bridgehead atoms. The summed E-state index contributed by atoms with van der Waals surface area (Å²) in [5.74, 6) is 0.525. The predicted molar refractivity (Wildman–Crippen MR) is 141 cm³/mol. The molecule has 4 aromatic rings. The van der Waals surface area contributed by atoms with E-state index in [1.54, 1.807) is 36.4 Å². The number of sulfonamides is 1. The third kappa shape index (κ3) is 4.91. The molecule has 5 rings (SSSR count). The van der Waals surface area contributed by atoms with Gasteiger partial charge < -0.3 is 9.84 Å².